The average Bonchev–Trinajstić information content (AvgIpc) is 3.20. The molecule has 1 aliphatic rings. The van der Waals surface area contributed by atoms with E-state index in [0.717, 1.165) is 16.5 Å². The number of anilines is 1. The zero-order chi connectivity index (χ0) is 19.7. The van der Waals surface area contributed by atoms with Gasteiger partial charge in [-0.05, 0) is 36.6 Å². The highest BCUT2D eigenvalue weighted by Crippen LogP contribution is 2.24. The van der Waals surface area contributed by atoms with Crippen LogP contribution in [-0.4, -0.2) is 38.8 Å². The largest absolute Gasteiger partial charge is 0.390 e. The summed E-state index contributed by atoms with van der Waals surface area (Å²) in [5.41, 5.74) is 2.56. The number of carbonyl (C=O) groups excluding carboxylic acids is 2. The summed E-state index contributed by atoms with van der Waals surface area (Å²) in [4.78, 5) is 25.0. The van der Waals surface area contributed by atoms with Gasteiger partial charge >= 0.3 is 0 Å². The van der Waals surface area contributed by atoms with Crippen LogP contribution in [0.5, 0.6) is 0 Å². The van der Waals surface area contributed by atoms with Crippen molar-refractivity contribution in [3.63, 3.8) is 0 Å². The number of aryl methyl sites for hydroxylation is 2. The Morgan fingerprint density at radius 1 is 1.25 bits per heavy atom. The molecule has 144 valence electrons. The van der Waals surface area contributed by atoms with Crippen molar-refractivity contribution < 1.29 is 14.7 Å². The van der Waals surface area contributed by atoms with E-state index in [1.165, 1.54) is 0 Å². The number of nitrogens with zero attached hydrogens (tertiary/aromatic N) is 2. The van der Waals surface area contributed by atoms with Crippen molar-refractivity contribution in [1.29, 1.82) is 0 Å². The van der Waals surface area contributed by atoms with Gasteiger partial charge in [0.25, 0.3) is 0 Å². The van der Waals surface area contributed by atoms with Gasteiger partial charge in [0, 0.05) is 18.1 Å². The van der Waals surface area contributed by atoms with E-state index in [1.54, 1.807) is 23.0 Å². The van der Waals surface area contributed by atoms with Crippen LogP contribution in [0.4, 0.5) is 5.69 Å². The molecule has 3 unspecified atom stereocenters. The summed E-state index contributed by atoms with van der Waals surface area (Å²) >= 11 is 0. The molecule has 1 aromatic heterocycles. The second-order valence-electron chi connectivity index (χ2n) is 7.14. The van der Waals surface area contributed by atoms with Gasteiger partial charge in [0.2, 0.25) is 11.8 Å². The van der Waals surface area contributed by atoms with Crippen LogP contribution in [0.25, 0.3) is 10.9 Å². The molecule has 3 N–H and O–H groups in total. The average molecular weight is 378 g/mol. The number of aliphatic hydroxyl groups is 1. The molecule has 2 heterocycles. The fraction of sp³-hybridized carbons (Fsp3) is 0.286. The number of benzene rings is 2. The second kappa shape index (κ2) is 7.44. The Hall–Kier alpha value is -3.19. The van der Waals surface area contributed by atoms with E-state index in [-0.39, 0.29) is 0 Å². The number of rotatable bonds is 5. The van der Waals surface area contributed by atoms with Crippen molar-refractivity contribution in [2.75, 3.05) is 5.32 Å². The minimum absolute atomic E-state index is 0.440. The Morgan fingerprint density at radius 3 is 2.82 bits per heavy atom. The zero-order valence-corrected chi connectivity index (χ0v) is 15.5. The number of hydrogen-bond acceptors (Lipinski definition) is 4. The molecule has 0 radical (unpaired) electrons. The van der Waals surface area contributed by atoms with Gasteiger partial charge < -0.3 is 15.7 Å². The molecule has 1 aliphatic heterocycles. The predicted octanol–water partition coefficient (Wildman–Crippen LogP) is 1.62. The smallest absolute Gasteiger partial charge is 0.239 e. The topological polar surface area (TPSA) is 96.2 Å². The lowest BCUT2D eigenvalue weighted by atomic mass is 9.96. The summed E-state index contributed by atoms with van der Waals surface area (Å²) in [6.45, 7) is 0. The number of fused-ring (bicyclic) bond motifs is 1. The maximum atomic E-state index is 12.7. The molecule has 3 atom stereocenters. The molecule has 0 aliphatic carbocycles. The minimum atomic E-state index is -1.12. The van der Waals surface area contributed by atoms with E-state index in [0.29, 0.717) is 18.5 Å². The second-order valence-corrected chi connectivity index (χ2v) is 7.14. The molecule has 1 saturated heterocycles. The fourth-order valence-electron chi connectivity index (χ4n) is 3.67. The third-order valence-corrected chi connectivity index (χ3v) is 5.25. The van der Waals surface area contributed by atoms with Crippen molar-refractivity contribution in [2.24, 2.45) is 13.0 Å². The van der Waals surface area contributed by atoms with Crippen LogP contribution in [0.1, 0.15) is 12.0 Å². The number of carbonyl (C=O) groups is 2. The van der Waals surface area contributed by atoms with Crippen LogP contribution in [0.15, 0.2) is 54.7 Å². The highest BCUT2D eigenvalue weighted by molar-refractivity contribution is 6.08. The van der Waals surface area contributed by atoms with Gasteiger partial charge in [0.05, 0.1) is 23.9 Å². The molecule has 0 bridgehead atoms. The molecular weight excluding hydrogens is 356 g/mol. The lowest BCUT2D eigenvalue weighted by Crippen LogP contribution is -2.36. The van der Waals surface area contributed by atoms with Gasteiger partial charge in [-0.2, -0.15) is 5.10 Å². The monoisotopic (exact) mass is 378 g/mol. The first-order valence-electron chi connectivity index (χ1n) is 9.28. The maximum absolute atomic E-state index is 12.7. The lowest BCUT2D eigenvalue weighted by molar-refractivity contribution is -0.132. The van der Waals surface area contributed by atoms with Crippen LogP contribution >= 0.6 is 0 Å². The molecular formula is C21H22N4O3. The van der Waals surface area contributed by atoms with E-state index in [9.17, 15) is 14.7 Å². The van der Waals surface area contributed by atoms with Gasteiger partial charge in [-0.1, -0.05) is 30.3 Å². The summed E-state index contributed by atoms with van der Waals surface area (Å²) in [5, 5.41) is 21.2. The molecule has 7 heteroatoms. The first kappa shape index (κ1) is 18.2. The Balaban J connectivity index is 1.43. The van der Waals surface area contributed by atoms with Gasteiger partial charge in [-0.15, -0.1) is 0 Å². The summed E-state index contributed by atoms with van der Waals surface area (Å²) in [6, 6.07) is 14.8. The van der Waals surface area contributed by atoms with E-state index < -0.39 is 29.9 Å². The number of nitrogens with one attached hydrogen (secondary N) is 2. The van der Waals surface area contributed by atoms with Crippen molar-refractivity contribution >= 4 is 28.4 Å². The number of aromatic nitrogens is 2. The zero-order valence-electron chi connectivity index (χ0n) is 15.5. The van der Waals surface area contributed by atoms with Gasteiger partial charge in [0.1, 0.15) is 5.92 Å². The van der Waals surface area contributed by atoms with Crippen LogP contribution in [-0.2, 0) is 23.1 Å². The van der Waals surface area contributed by atoms with Gasteiger partial charge in [0.15, 0.2) is 0 Å². The molecule has 2 aromatic carbocycles. The van der Waals surface area contributed by atoms with Gasteiger partial charge in [-0.25, -0.2) is 0 Å². The van der Waals surface area contributed by atoms with E-state index in [1.807, 2.05) is 43.4 Å². The third kappa shape index (κ3) is 3.48. The van der Waals surface area contributed by atoms with Crippen molar-refractivity contribution in [3.05, 3.63) is 60.3 Å². The Bertz CT molecular complexity index is 1010. The summed E-state index contributed by atoms with van der Waals surface area (Å²) in [7, 11) is 1.82. The molecule has 0 saturated carbocycles. The van der Waals surface area contributed by atoms with Crippen molar-refractivity contribution in [2.45, 2.75) is 25.0 Å². The van der Waals surface area contributed by atoms with E-state index in [4.69, 9.17) is 0 Å². The Labute approximate surface area is 162 Å². The summed E-state index contributed by atoms with van der Waals surface area (Å²) in [5.74, 6) is -2.07. The predicted molar refractivity (Wildman–Crippen MR) is 106 cm³/mol. The van der Waals surface area contributed by atoms with Crippen LogP contribution in [0.3, 0.4) is 0 Å². The first-order valence-corrected chi connectivity index (χ1v) is 9.28. The van der Waals surface area contributed by atoms with Crippen LogP contribution in [0.2, 0.25) is 0 Å². The van der Waals surface area contributed by atoms with E-state index >= 15 is 0 Å². The van der Waals surface area contributed by atoms with Crippen LogP contribution in [0, 0.1) is 5.92 Å². The molecule has 1 fully saturated rings. The Kier molecular flexibility index (Phi) is 4.83. The quantitative estimate of drug-likeness (QED) is 0.588. The molecule has 2 amide bonds. The lowest BCUT2D eigenvalue weighted by Gasteiger charge is -2.17. The Morgan fingerprint density at radius 2 is 2.04 bits per heavy atom. The van der Waals surface area contributed by atoms with Gasteiger partial charge in [-0.3, -0.25) is 14.3 Å². The fourth-order valence-corrected chi connectivity index (χ4v) is 3.67. The molecule has 3 aromatic rings. The molecule has 0 spiro atoms. The standard InChI is InChI=1S/C21H22N4O3/c1-25-17-11-15(9-8-14(17)12-22-25)23-20(27)18-19(26)16(24-21(18)28)10-7-13-5-3-2-4-6-13/h2-6,8-9,11-12,16,18-19,26H,7,10H2,1H3,(H,23,27)(H,24,28). The first-order chi connectivity index (χ1) is 13.5. The highest BCUT2D eigenvalue weighted by Gasteiger charge is 2.45. The number of hydrogen-bond donors (Lipinski definition) is 3. The summed E-state index contributed by atoms with van der Waals surface area (Å²) < 4.78 is 1.71. The van der Waals surface area contributed by atoms with Crippen LogP contribution < -0.4 is 10.6 Å². The molecule has 7 nitrogen and oxygen atoms in total. The molecule has 4 rings (SSSR count). The highest BCUT2D eigenvalue weighted by atomic mass is 16.3. The van der Waals surface area contributed by atoms with Crippen molar-refractivity contribution in [1.82, 2.24) is 15.1 Å². The number of amides is 2. The number of aliphatic hydroxyl groups excluding tert-OH is 1. The van der Waals surface area contributed by atoms with E-state index in [2.05, 4.69) is 15.7 Å². The van der Waals surface area contributed by atoms with Crippen molar-refractivity contribution in [3.8, 4) is 0 Å². The third-order valence-electron chi connectivity index (χ3n) is 5.25. The maximum Gasteiger partial charge on any atom is 0.239 e. The normalized spacial score (nSPS) is 21.6. The summed E-state index contributed by atoms with van der Waals surface area (Å²) in [6.07, 6.45) is 1.97. The minimum Gasteiger partial charge on any atom is -0.390 e. The SMILES string of the molecule is Cn1ncc2ccc(NC(=O)C3C(=O)NC(CCc4ccccc4)C3O)cc21. The molecule has 28 heavy (non-hydrogen) atoms.